The van der Waals surface area contributed by atoms with Gasteiger partial charge in [0.1, 0.15) is 19.0 Å². The third-order valence-electron chi connectivity index (χ3n) is 10.1. The zero-order chi connectivity index (χ0) is 37.1. The van der Waals surface area contributed by atoms with Crippen LogP contribution in [0.2, 0.25) is 0 Å². The number of carbonyl (C=O) groups is 2. The van der Waals surface area contributed by atoms with Gasteiger partial charge in [0.15, 0.2) is 23.0 Å². The summed E-state index contributed by atoms with van der Waals surface area (Å²) in [5, 5.41) is 0. The molecule has 7 rings (SSSR count). The number of fused-ring (bicyclic) bond motifs is 4. The van der Waals surface area contributed by atoms with Crippen molar-refractivity contribution < 1.29 is 33.3 Å². The van der Waals surface area contributed by atoms with Crippen LogP contribution >= 0.6 is 0 Å². The van der Waals surface area contributed by atoms with Gasteiger partial charge in [0.05, 0.1) is 55.4 Å². The summed E-state index contributed by atoms with van der Waals surface area (Å²) in [5.41, 5.74) is 11.9. The lowest BCUT2D eigenvalue weighted by Crippen LogP contribution is -2.35. The number of ether oxygens (including phenoxy) is 5. The first-order valence-corrected chi connectivity index (χ1v) is 18.0. The molecule has 0 unspecified atom stereocenters. The van der Waals surface area contributed by atoms with Gasteiger partial charge in [0.25, 0.3) is 11.8 Å². The Morgan fingerprint density at radius 3 is 1.62 bits per heavy atom. The minimum atomic E-state index is -0.0796. The molecular formula is C41H45N5O7. The average Bonchev–Trinajstić information content (AvgIpc) is 3.75. The highest BCUT2D eigenvalue weighted by Crippen LogP contribution is 2.41. The van der Waals surface area contributed by atoms with Crippen molar-refractivity contribution in [3.05, 3.63) is 88.0 Å². The topological polar surface area (TPSA) is 138 Å². The van der Waals surface area contributed by atoms with Gasteiger partial charge in [0, 0.05) is 37.7 Å². The van der Waals surface area contributed by atoms with Gasteiger partial charge in [0.2, 0.25) is 0 Å². The first-order chi connectivity index (χ1) is 25.8. The zero-order valence-electron chi connectivity index (χ0n) is 30.6. The Kier molecular flexibility index (Phi) is 10.5. The van der Waals surface area contributed by atoms with E-state index in [-0.39, 0.29) is 37.1 Å². The van der Waals surface area contributed by atoms with Gasteiger partial charge >= 0.3 is 0 Å². The summed E-state index contributed by atoms with van der Waals surface area (Å²) in [6.45, 7) is 6.49. The zero-order valence-corrected chi connectivity index (χ0v) is 30.6. The van der Waals surface area contributed by atoms with Crippen molar-refractivity contribution >= 4 is 35.6 Å². The molecule has 0 aliphatic carbocycles. The Bertz CT molecular complexity index is 1900. The third kappa shape index (κ3) is 7.36. The minimum Gasteiger partial charge on any atom is -0.494 e. The number of aliphatic imine (C=N–C) groups is 2. The van der Waals surface area contributed by atoms with E-state index in [4.69, 9.17) is 39.4 Å². The number of hydrogen-bond acceptors (Lipinski definition) is 10. The molecule has 53 heavy (non-hydrogen) atoms. The second-order valence-electron chi connectivity index (χ2n) is 13.5. The van der Waals surface area contributed by atoms with Crippen LogP contribution in [-0.4, -0.2) is 86.6 Å². The third-order valence-corrected chi connectivity index (χ3v) is 10.1. The molecule has 2 amide bonds. The van der Waals surface area contributed by atoms with Gasteiger partial charge in [-0.15, -0.1) is 0 Å². The molecule has 3 aromatic carbocycles. The second kappa shape index (κ2) is 15.5. The van der Waals surface area contributed by atoms with Crippen LogP contribution in [0.3, 0.4) is 0 Å². The lowest BCUT2D eigenvalue weighted by molar-refractivity contribution is 0.0769. The average molecular weight is 720 g/mol. The van der Waals surface area contributed by atoms with E-state index in [0.29, 0.717) is 83.9 Å². The van der Waals surface area contributed by atoms with Crippen LogP contribution in [-0.2, 0) is 13.2 Å². The normalized spacial score (nSPS) is 20.2. The van der Waals surface area contributed by atoms with E-state index in [2.05, 4.69) is 12.2 Å². The van der Waals surface area contributed by atoms with Crippen molar-refractivity contribution in [1.29, 1.82) is 0 Å². The van der Waals surface area contributed by atoms with Crippen LogP contribution in [0, 0.1) is 0 Å². The molecule has 276 valence electrons. The van der Waals surface area contributed by atoms with E-state index in [1.807, 2.05) is 54.3 Å². The molecule has 2 saturated heterocycles. The number of amides is 2. The molecule has 4 aliphatic rings. The number of rotatable bonds is 12. The molecule has 4 aliphatic heterocycles. The number of hydrogen-bond donors (Lipinski definition) is 1. The molecule has 0 spiro atoms. The summed E-state index contributed by atoms with van der Waals surface area (Å²) >= 11 is 0. The van der Waals surface area contributed by atoms with Crippen molar-refractivity contribution in [3.8, 4) is 28.7 Å². The lowest BCUT2D eigenvalue weighted by atomic mass is 10.1. The van der Waals surface area contributed by atoms with Gasteiger partial charge in [-0.3, -0.25) is 19.6 Å². The fourth-order valence-corrected chi connectivity index (χ4v) is 7.10. The van der Waals surface area contributed by atoms with Crippen LogP contribution < -0.4 is 29.4 Å². The number of nitrogens with two attached hydrogens (primary N) is 1. The predicted octanol–water partition coefficient (Wildman–Crippen LogP) is 6.34. The lowest BCUT2D eigenvalue weighted by Gasteiger charge is -2.20. The number of allylic oxidation sites excluding steroid dienone is 2. The quantitative estimate of drug-likeness (QED) is 0.169. The highest BCUT2D eigenvalue weighted by molar-refractivity contribution is 6.04. The number of methoxy groups -OCH3 is 2. The van der Waals surface area contributed by atoms with Crippen LogP contribution in [0.15, 0.2) is 75.7 Å². The maximum Gasteiger partial charge on any atom is 0.257 e. The predicted molar refractivity (Wildman–Crippen MR) is 203 cm³/mol. The van der Waals surface area contributed by atoms with Crippen molar-refractivity contribution in [2.45, 2.75) is 58.4 Å². The van der Waals surface area contributed by atoms with Gasteiger partial charge in [-0.1, -0.05) is 23.3 Å². The van der Waals surface area contributed by atoms with E-state index in [1.165, 1.54) is 11.1 Å². The van der Waals surface area contributed by atoms with Crippen LogP contribution in [0.25, 0.3) is 0 Å². The fourth-order valence-electron chi connectivity index (χ4n) is 7.10. The highest BCUT2D eigenvalue weighted by atomic mass is 16.5. The summed E-state index contributed by atoms with van der Waals surface area (Å²) in [5.74, 6) is 2.30. The van der Waals surface area contributed by atoms with Crippen LogP contribution in [0.1, 0.15) is 65.0 Å². The molecule has 12 heteroatoms. The van der Waals surface area contributed by atoms with Gasteiger partial charge < -0.3 is 39.2 Å². The molecule has 0 radical (unpaired) electrons. The largest absolute Gasteiger partial charge is 0.494 e. The highest BCUT2D eigenvalue weighted by Gasteiger charge is 2.36. The van der Waals surface area contributed by atoms with Crippen molar-refractivity contribution in [1.82, 2.24) is 9.80 Å². The van der Waals surface area contributed by atoms with Crippen molar-refractivity contribution in [3.63, 3.8) is 0 Å². The monoisotopic (exact) mass is 719 g/mol. The second-order valence-corrected chi connectivity index (χ2v) is 13.5. The molecule has 3 aromatic rings. The standard InChI is InChI=1S/C41H45N5O7/c1-5-25-11-29-19-43-34-17-38(36(49-3)15-32(34)40(47)45(29)21-25)52-23-27-10-28(14-31(13-27)51-9-7-8-42)24-53-39-18-35-33(16-37(39)50-4)41(48)46-22-26(6-2)12-30(46)20-44-35/h5-6,10,13-20,29-30H,7-9,11-12,21-24,42H2,1-4H3/b25-5+,26-6+/t29-,30-/m0/s1. The SMILES string of the molecule is C/C=C1\C[C@H]2C=Nc3cc(OCc4cc(COc5cc6c(cc5OC)C(=O)N5C/C(=C/C)C[C@H]5C=N6)cc(OCCCN)c4)c(OC)cc3C(=O)N2C1. The van der Waals surface area contributed by atoms with E-state index >= 15 is 0 Å². The number of nitrogens with zero attached hydrogens (tertiary/aromatic N) is 4. The Balaban J connectivity index is 1.11. The Hall–Kier alpha value is -5.62. The van der Waals surface area contributed by atoms with Crippen LogP contribution in [0.5, 0.6) is 28.7 Å². The Labute approximate surface area is 309 Å². The fraction of sp³-hybridized carbons (Fsp3) is 0.366. The first-order valence-electron chi connectivity index (χ1n) is 18.0. The molecule has 2 N–H and O–H groups in total. The molecular weight excluding hydrogens is 674 g/mol. The van der Waals surface area contributed by atoms with Crippen molar-refractivity contribution in [2.75, 3.05) is 40.5 Å². The maximum atomic E-state index is 13.5. The van der Waals surface area contributed by atoms with Gasteiger partial charge in [-0.05, 0) is 81.1 Å². The van der Waals surface area contributed by atoms with E-state index < -0.39 is 0 Å². The summed E-state index contributed by atoms with van der Waals surface area (Å²) in [4.78, 5) is 40.2. The Morgan fingerprint density at radius 2 is 1.19 bits per heavy atom. The summed E-state index contributed by atoms with van der Waals surface area (Å²) < 4.78 is 30.1. The first kappa shape index (κ1) is 35.8. The van der Waals surface area contributed by atoms with Gasteiger partial charge in [-0.25, -0.2) is 0 Å². The summed E-state index contributed by atoms with van der Waals surface area (Å²) in [6.07, 6.45) is 10.1. The van der Waals surface area contributed by atoms with E-state index in [9.17, 15) is 9.59 Å². The van der Waals surface area contributed by atoms with Gasteiger partial charge in [-0.2, -0.15) is 0 Å². The summed E-state index contributed by atoms with van der Waals surface area (Å²) in [6, 6.07) is 12.6. The maximum absolute atomic E-state index is 13.5. The minimum absolute atomic E-state index is 0.0791. The molecule has 2 atom stereocenters. The van der Waals surface area contributed by atoms with Crippen LogP contribution in [0.4, 0.5) is 11.4 Å². The molecule has 0 saturated carbocycles. The molecule has 12 nitrogen and oxygen atoms in total. The number of carbonyl (C=O) groups excluding carboxylic acids is 2. The summed E-state index contributed by atoms with van der Waals surface area (Å²) in [7, 11) is 3.11. The molecule has 2 fully saturated rings. The molecule has 0 bridgehead atoms. The van der Waals surface area contributed by atoms with E-state index in [1.54, 1.807) is 38.5 Å². The number of benzene rings is 3. The smallest absolute Gasteiger partial charge is 0.257 e. The Morgan fingerprint density at radius 1 is 0.698 bits per heavy atom. The molecule has 0 aromatic heterocycles. The molecule has 4 heterocycles. The van der Waals surface area contributed by atoms with E-state index in [0.717, 1.165) is 24.0 Å². The van der Waals surface area contributed by atoms with Crippen molar-refractivity contribution in [2.24, 2.45) is 15.7 Å².